The van der Waals surface area contributed by atoms with Gasteiger partial charge in [0, 0.05) is 17.0 Å². The van der Waals surface area contributed by atoms with Crippen molar-refractivity contribution in [2.75, 3.05) is 6.54 Å². The molecular formula is C14H16N2O2S3. The number of nitrogens with one attached hydrogen (secondary N) is 1. The largest absolute Gasteiger partial charge is 0.389 e. The van der Waals surface area contributed by atoms with Gasteiger partial charge in [-0.1, -0.05) is 24.4 Å². The van der Waals surface area contributed by atoms with E-state index in [1.54, 1.807) is 30.4 Å². The van der Waals surface area contributed by atoms with Crippen molar-refractivity contribution < 1.29 is 8.42 Å². The SMILES string of the molecule is Cc1cc(C(N)=S)ccc1S(=O)(=O)NCCc1cccs1. The van der Waals surface area contributed by atoms with Gasteiger partial charge < -0.3 is 5.73 Å². The maximum Gasteiger partial charge on any atom is 0.240 e. The molecule has 0 atom stereocenters. The zero-order chi connectivity index (χ0) is 15.5. The van der Waals surface area contributed by atoms with Crippen molar-refractivity contribution in [1.29, 1.82) is 0 Å². The lowest BCUT2D eigenvalue weighted by Gasteiger charge is -2.10. The molecule has 0 unspecified atom stereocenters. The molecule has 0 fully saturated rings. The molecule has 0 aliphatic rings. The van der Waals surface area contributed by atoms with E-state index in [9.17, 15) is 8.42 Å². The Hall–Kier alpha value is -1.28. The van der Waals surface area contributed by atoms with Crippen molar-refractivity contribution in [3.8, 4) is 0 Å². The number of benzene rings is 1. The Kier molecular flexibility index (Phi) is 5.10. The van der Waals surface area contributed by atoms with Gasteiger partial charge in [-0.3, -0.25) is 0 Å². The molecule has 1 aromatic carbocycles. The van der Waals surface area contributed by atoms with Gasteiger partial charge in [-0.25, -0.2) is 13.1 Å². The predicted molar refractivity (Wildman–Crippen MR) is 90.3 cm³/mol. The van der Waals surface area contributed by atoms with Crippen LogP contribution in [0.4, 0.5) is 0 Å². The third kappa shape index (κ3) is 4.10. The summed E-state index contributed by atoms with van der Waals surface area (Å²) in [6.07, 6.45) is 0.681. The molecule has 0 saturated carbocycles. The zero-order valence-corrected chi connectivity index (χ0v) is 13.9. The second-order valence-corrected chi connectivity index (χ2v) is 7.78. The Balaban J connectivity index is 2.10. The molecule has 1 aromatic heterocycles. The summed E-state index contributed by atoms with van der Waals surface area (Å²) in [7, 11) is -3.52. The first-order valence-corrected chi connectivity index (χ1v) is 9.10. The van der Waals surface area contributed by atoms with Crippen LogP contribution in [-0.4, -0.2) is 20.0 Å². The maximum absolute atomic E-state index is 12.3. The normalized spacial score (nSPS) is 11.5. The van der Waals surface area contributed by atoms with Crippen LogP contribution in [0, 0.1) is 6.92 Å². The maximum atomic E-state index is 12.3. The summed E-state index contributed by atoms with van der Waals surface area (Å²) in [6, 6.07) is 8.80. The number of rotatable bonds is 6. The van der Waals surface area contributed by atoms with Gasteiger partial charge >= 0.3 is 0 Å². The summed E-state index contributed by atoms with van der Waals surface area (Å²) in [5, 5.41) is 1.97. The van der Waals surface area contributed by atoms with E-state index < -0.39 is 10.0 Å². The van der Waals surface area contributed by atoms with E-state index in [4.69, 9.17) is 18.0 Å². The van der Waals surface area contributed by atoms with Crippen molar-refractivity contribution >= 4 is 38.6 Å². The van der Waals surface area contributed by atoms with Crippen molar-refractivity contribution in [1.82, 2.24) is 4.72 Å². The summed E-state index contributed by atoms with van der Waals surface area (Å²) < 4.78 is 27.2. The number of thiophene rings is 1. The molecule has 0 aliphatic heterocycles. The fourth-order valence-corrected chi connectivity index (χ4v) is 4.04. The molecule has 1 heterocycles. The third-order valence-corrected chi connectivity index (χ3v) is 5.79. The standard InChI is InChI=1S/C14H16N2O2S3/c1-10-9-11(14(15)19)4-5-13(10)21(17,18)16-7-6-12-3-2-8-20-12/h2-5,8-9,16H,6-7H2,1H3,(H2,15,19). The van der Waals surface area contributed by atoms with E-state index in [1.165, 1.54) is 6.07 Å². The predicted octanol–water partition coefficient (Wildman–Crippen LogP) is 2.21. The summed E-state index contributed by atoms with van der Waals surface area (Å²) in [4.78, 5) is 1.67. The quantitative estimate of drug-likeness (QED) is 0.791. The highest BCUT2D eigenvalue weighted by atomic mass is 32.2. The molecule has 4 nitrogen and oxygen atoms in total. The van der Waals surface area contributed by atoms with Gasteiger partial charge in [0.15, 0.2) is 0 Å². The van der Waals surface area contributed by atoms with Gasteiger partial charge in [0.05, 0.1) is 4.90 Å². The van der Waals surface area contributed by atoms with Crippen LogP contribution in [0.15, 0.2) is 40.6 Å². The van der Waals surface area contributed by atoms with Gasteiger partial charge in [0.2, 0.25) is 10.0 Å². The van der Waals surface area contributed by atoms with Crippen LogP contribution in [-0.2, 0) is 16.4 Å². The van der Waals surface area contributed by atoms with E-state index in [-0.39, 0.29) is 9.88 Å². The van der Waals surface area contributed by atoms with E-state index in [1.807, 2.05) is 17.5 Å². The molecule has 0 bridgehead atoms. The average Bonchev–Trinajstić information content (AvgIpc) is 2.91. The summed E-state index contributed by atoms with van der Waals surface area (Å²) in [6.45, 7) is 2.11. The van der Waals surface area contributed by atoms with Crippen LogP contribution in [0.1, 0.15) is 16.0 Å². The molecule has 2 aromatic rings. The summed E-state index contributed by atoms with van der Waals surface area (Å²) in [5.74, 6) is 0. The lowest BCUT2D eigenvalue weighted by molar-refractivity contribution is 0.581. The minimum atomic E-state index is -3.52. The first-order chi connectivity index (χ1) is 9.90. The Bertz CT molecular complexity index is 738. The van der Waals surface area contributed by atoms with Crippen molar-refractivity contribution in [3.63, 3.8) is 0 Å². The fraction of sp³-hybridized carbons (Fsp3) is 0.214. The van der Waals surface area contributed by atoms with Crippen LogP contribution in [0.3, 0.4) is 0 Å². The smallest absolute Gasteiger partial charge is 0.240 e. The number of sulfonamides is 1. The molecule has 21 heavy (non-hydrogen) atoms. The van der Waals surface area contributed by atoms with Gasteiger partial charge in [0.25, 0.3) is 0 Å². The van der Waals surface area contributed by atoms with E-state index in [0.29, 0.717) is 24.1 Å². The Morgan fingerprint density at radius 2 is 2.14 bits per heavy atom. The molecule has 112 valence electrons. The summed E-state index contributed by atoms with van der Waals surface area (Å²) in [5.41, 5.74) is 6.84. The van der Waals surface area contributed by atoms with Crippen molar-refractivity contribution in [3.05, 3.63) is 51.7 Å². The first kappa shape index (κ1) is 16.1. The highest BCUT2D eigenvalue weighted by molar-refractivity contribution is 7.89. The first-order valence-electron chi connectivity index (χ1n) is 6.32. The molecule has 2 rings (SSSR count). The van der Waals surface area contributed by atoms with Gasteiger partial charge in [-0.15, -0.1) is 11.3 Å². The van der Waals surface area contributed by atoms with Gasteiger partial charge in [-0.05, 0) is 42.5 Å². The number of nitrogens with two attached hydrogens (primary N) is 1. The monoisotopic (exact) mass is 340 g/mol. The highest BCUT2D eigenvalue weighted by Gasteiger charge is 2.16. The van der Waals surface area contributed by atoms with Crippen LogP contribution in [0.5, 0.6) is 0 Å². The van der Waals surface area contributed by atoms with Gasteiger partial charge in [0.1, 0.15) is 4.99 Å². The number of hydrogen-bond acceptors (Lipinski definition) is 4. The molecule has 0 radical (unpaired) electrons. The average molecular weight is 340 g/mol. The van der Waals surface area contributed by atoms with E-state index >= 15 is 0 Å². The van der Waals surface area contributed by atoms with E-state index in [0.717, 1.165) is 4.88 Å². The molecule has 0 amide bonds. The Morgan fingerprint density at radius 1 is 1.38 bits per heavy atom. The molecular weight excluding hydrogens is 324 g/mol. The second kappa shape index (κ2) is 6.65. The minimum absolute atomic E-state index is 0.257. The molecule has 3 N–H and O–H groups in total. The van der Waals surface area contributed by atoms with Crippen molar-refractivity contribution in [2.24, 2.45) is 5.73 Å². The zero-order valence-electron chi connectivity index (χ0n) is 11.5. The lowest BCUT2D eigenvalue weighted by Crippen LogP contribution is -2.26. The lowest BCUT2D eigenvalue weighted by atomic mass is 10.1. The highest BCUT2D eigenvalue weighted by Crippen LogP contribution is 2.17. The number of aryl methyl sites for hydroxylation is 1. The van der Waals surface area contributed by atoms with Gasteiger partial charge in [-0.2, -0.15) is 0 Å². The van der Waals surface area contributed by atoms with Crippen LogP contribution in [0.25, 0.3) is 0 Å². The van der Waals surface area contributed by atoms with Crippen molar-refractivity contribution in [2.45, 2.75) is 18.2 Å². The van der Waals surface area contributed by atoms with Crippen LogP contribution < -0.4 is 10.5 Å². The van der Waals surface area contributed by atoms with Crippen LogP contribution >= 0.6 is 23.6 Å². The Morgan fingerprint density at radius 3 is 2.71 bits per heavy atom. The topological polar surface area (TPSA) is 72.2 Å². The summed E-state index contributed by atoms with van der Waals surface area (Å²) >= 11 is 6.50. The van der Waals surface area contributed by atoms with Crippen LogP contribution in [0.2, 0.25) is 0 Å². The number of hydrogen-bond donors (Lipinski definition) is 2. The minimum Gasteiger partial charge on any atom is -0.389 e. The third-order valence-electron chi connectivity index (χ3n) is 2.99. The molecule has 0 aliphatic carbocycles. The fourth-order valence-electron chi connectivity index (χ4n) is 1.95. The molecule has 0 spiro atoms. The second-order valence-electron chi connectivity index (χ2n) is 4.57. The van der Waals surface area contributed by atoms with E-state index in [2.05, 4.69) is 4.72 Å². The molecule has 0 saturated heterocycles. The number of thiocarbonyl (C=S) groups is 1. The molecule has 7 heteroatoms. The Labute approximate surface area is 134 Å².